The lowest BCUT2D eigenvalue weighted by Crippen LogP contribution is -2.20. The monoisotopic (exact) mass is 489 g/mol. The normalized spacial score (nSPS) is 16.6. The van der Waals surface area contributed by atoms with Gasteiger partial charge in [0, 0.05) is 23.7 Å². The van der Waals surface area contributed by atoms with Crippen LogP contribution in [-0.4, -0.2) is 19.8 Å². The molecule has 35 heavy (non-hydrogen) atoms. The number of rotatable bonds is 4. The fourth-order valence-corrected chi connectivity index (χ4v) is 5.27. The van der Waals surface area contributed by atoms with E-state index in [1.165, 1.54) is 17.4 Å². The highest BCUT2D eigenvalue weighted by atomic mass is 32.1. The molecular weight excluding hydrogens is 461 g/mol. The van der Waals surface area contributed by atoms with Crippen molar-refractivity contribution in [2.75, 3.05) is 0 Å². The van der Waals surface area contributed by atoms with E-state index in [-0.39, 0.29) is 11.4 Å². The Morgan fingerprint density at radius 3 is 2.43 bits per heavy atom. The molecule has 0 unspecified atom stereocenters. The van der Waals surface area contributed by atoms with Crippen molar-refractivity contribution in [3.8, 4) is 16.9 Å². The summed E-state index contributed by atoms with van der Waals surface area (Å²) in [5, 5.41) is 6.80. The summed E-state index contributed by atoms with van der Waals surface area (Å²) in [4.78, 5) is 18.8. The molecule has 2 heterocycles. The fourth-order valence-electron chi connectivity index (χ4n) is 4.44. The quantitative estimate of drug-likeness (QED) is 0.357. The van der Waals surface area contributed by atoms with Gasteiger partial charge < -0.3 is 0 Å². The number of hydrogen-bond acceptors (Lipinski definition) is 4. The van der Waals surface area contributed by atoms with Crippen molar-refractivity contribution in [2.24, 2.45) is 23.1 Å². The van der Waals surface area contributed by atoms with E-state index >= 15 is 0 Å². The Kier molecular flexibility index (Phi) is 6.38. The second-order valence-electron chi connectivity index (χ2n) is 9.07. The van der Waals surface area contributed by atoms with Gasteiger partial charge in [0.15, 0.2) is 5.69 Å². The molecule has 1 saturated carbocycles. The molecule has 1 fully saturated rings. The van der Waals surface area contributed by atoms with E-state index in [4.69, 9.17) is 10.1 Å². The summed E-state index contributed by atoms with van der Waals surface area (Å²) >= 11 is 1.36. The highest BCUT2D eigenvalue weighted by Crippen LogP contribution is 2.26. The molecule has 0 radical (unpaired) electrons. The van der Waals surface area contributed by atoms with Crippen LogP contribution < -0.4 is 10.4 Å². The van der Waals surface area contributed by atoms with Gasteiger partial charge in [-0.25, -0.2) is 18.7 Å². The average molecular weight is 490 g/mol. The Hall–Kier alpha value is -3.52. The second kappa shape index (κ2) is 9.62. The number of benzene rings is 2. The topological polar surface area (TPSA) is 56.6 Å². The van der Waals surface area contributed by atoms with Crippen LogP contribution in [0.15, 0.2) is 74.9 Å². The molecule has 5 rings (SSSR count). The highest BCUT2D eigenvalue weighted by molar-refractivity contribution is 7.07. The van der Waals surface area contributed by atoms with Crippen LogP contribution in [0.1, 0.15) is 38.3 Å². The molecule has 0 amide bonds. The van der Waals surface area contributed by atoms with Gasteiger partial charge in [0.25, 0.3) is 5.56 Å². The Morgan fingerprint density at radius 1 is 1.03 bits per heavy atom. The predicted octanol–water partition coefficient (Wildman–Crippen LogP) is 5.80. The molecule has 8 heteroatoms. The van der Waals surface area contributed by atoms with Crippen molar-refractivity contribution < 1.29 is 4.39 Å². The number of aromatic nitrogens is 3. The maximum Gasteiger partial charge on any atom is 0.297 e. The molecule has 0 spiro atoms. The van der Waals surface area contributed by atoms with Crippen molar-refractivity contribution in [1.82, 2.24) is 14.0 Å². The number of halogens is 1. The molecular formula is C27H28FN5OS. The van der Waals surface area contributed by atoms with Gasteiger partial charge in [-0.3, -0.25) is 9.48 Å². The van der Waals surface area contributed by atoms with E-state index in [1.54, 1.807) is 26.2 Å². The van der Waals surface area contributed by atoms with Crippen LogP contribution in [0.5, 0.6) is 0 Å². The summed E-state index contributed by atoms with van der Waals surface area (Å²) in [5.41, 5.74) is 3.83. The lowest BCUT2D eigenvalue weighted by molar-refractivity contribution is 0.481. The summed E-state index contributed by atoms with van der Waals surface area (Å²) in [5.74, 6) is 0.366. The first-order valence-electron chi connectivity index (χ1n) is 11.8. The molecule has 6 nitrogen and oxygen atoms in total. The Morgan fingerprint density at radius 2 is 1.71 bits per heavy atom. The van der Waals surface area contributed by atoms with Crippen molar-refractivity contribution >= 4 is 22.7 Å². The molecule has 2 aromatic heterocycles. The van der Waals surface area contributed by atoms with Crippen molar-refractivity contribution in [2.45, 2.75) is 39.5 Å². The lowest BCUT2D eigenvalue weighted by atomic mass is 9.90. The van der Waals surface area contributed by atoms with Crippen LogP contribution in [0, 0.1) is 18.7 Å². The van der Waals surface area contributed by atoms with Crippen LogP contribution in [0.25, 0.3) is 16.9 Å². The minimum Gasteiger partial charge on any atom is -0.283 e. The number of hydrogen-bond donors (Lipinski definition) is 0. The number of para-hydroxylation sites is 1. The van der Waals surface area contributed by atoms with E-state index in [0.717, 1.165) is 42.8 Å². The smallest absolute Gasteiger partial charge is 0.283 e. The standard InChI is InChI=1S/C27H28FN5OS/c1-18-13-15-20(16-14-18)30-32-24(22-11-7-8-12-23(22)28)17-35-27(32)29-25-19(2)31(3)33(26(25)34)21-9-5-4-6-10-21/h4-12,17-18H,13-16H2,1-3H3. The average Bonchev–Trinajstić information content (AvgIpc) is 3.35. The molecule has 0 atom stereocenters. The summed E-state index contributed by atoms with van der Waals surface area (Å²) < 4.78 is 19.9. The minimum atomic E-state index is -0.314. The van der Waals surface area contributed by atoms with E-state index in [9.17, 15) is 9.18 Å². The zero-order valence-corrected chi connectivity index (χ0v) is 20.9. The Bertz CT molecular complexity index is 1510. The van der Waals surface area contributed by atoms with Crippen molar-refractivity contribution in [1.29, 1.82) is 0 Å². The summed E-state index contributed by atoms with van der Waals surface area (Å²) in [6.45, 7) is 4.14. The van der Waals surface area contributed by atoms with Crippen LogP contribution in [0.3, 0.4) is 0 Å². The van der Waals surface area contributed by atoms with E-state index < -0.39 is 0 Å². The molecule has 0 saturated heterocycles. The lowest BCUT2D eigenvalue weighted by Gasteiger charge is -2.19. The molecule has 180 valence electrons. The summed E-state index contributed by atoms with van der Waals surface area (Å²) in [6.07, 6.45) is 3.99. The van der Waals surface area contributed by atoms with E-state index in [0.29, 0.717) is 27.7 Å². The van der Waals surface area contributed by atoms with Gasteiger partial charge >= 0.3 is 0 Å². The minimum absolute atomic E-state index is 0.206. The van der Waals surface area contributed by atoms with Crippen LogP contribution >= 0.6 is 11.3 Å². The maximum absolute atomic E-state index is 14.7. The fraction of sp³-hybridized carbons (Fsp3) is 0.296. The molecule has 0 bridgehead atoms. The van der Waals surface area contributed by atoms with Crippen LogP contribution in [0.4, 0.5) is 10.1 Å². The van der Waals surface area contributed by atoms with Gasteiger partial charge in [-0.05, 0) is 62.8 Å². The Labute approximate surface area is 207 Å². The first kappa shape index (κ1) is 23.2. The first-order valence-corrected chi connectivity index (χ1v) is 12.7. The molecule has 0 aliphatic heterocycles. The first-order chi connectivity index (χ1) is 16.9. The molecule has 0 N–H and O–H groups in total. The molecule has 1 aliphatic carbocycles. The maximum atomic E-state index is 14.7. The van der Waals surface area contributed by atoms with Gasteiger partial charge in [-0.2, -0.15) is 5.10 Å². The Balaban J connectivity index is 1.70. The van der Waals surface area contributed by atoms with Crippen molar-refractivity contribution in [3.05, 3.63) is 86.6 Å². The van der Waals surface area contributed by atoms with Gasteiger partial charge in [-0.15, -0.1) is 11.3 Å². The number of thiazole rings is 1. The van der Waals surface area contributed by atoms with E-state index in [1.807, 2.05) is 55.7 Å². The van der Waals surface area contributed by atoms with Gasteiger partial charge in [-0.1, -0.05) is 37.3 Å². The second-order valence-corrected chi connectivity index (χ2v) is 9.90. The van der Waals surface area contributed by atoms with Crippen LogP contribution in [-0.2, 0) is 7.05 Å². The van der Waals surface area contributed by atoms with Gasteiger partial charge in [0.05, 0.1) is 17.1 Å². The zero-order chi connectivity index (χ0) is 24.5. The van der Waals surface area contributed by atoms with E-state index in [2.05, 4.69) is 6.92 Å². The third-order valence-electron chi connectivity index (χ3n) is 6.66. The van der Waals surface area contributed by atoms with Crippen LogP contribution in [0.2, 0.25) is 0 Å². The summed E-state index contributed by atoms with van der Waals surface area (Å²) in [6, 6.07) is 16.2. The van der Waals surface area contributed by atoms with Crippen molar-refractivity contribution in [3.63, 3.8) is 0 Å². The predicted molar refractivity (Wildman–Crippen MR) is 139 cm³/mol. The third-order valence-corrected chi connectivity index (χ3v) is 7.48. The molecule has 4 aromatic rings. The molecule has 2 aromatic carbocycles. The highest BCUT2D eigenvalue weighted by Gasteiger charge is 2.19. The summed E-state index contributed by atoms with van der Waals surface area (Å²) in [7, 11) is 1.85. The number of nitrogens with zero attached hydrogens (tertiary/aromatic N) is 5. The molecule has 1 aliphatic rings. The van der Waals surface area contributed by atoms with Gasteiger partial charge in [0.2, 0.25) is 4.80 Å². The largest absolute Gasteiger partial charge is 0.297 e. The van der Waals surface area contributed by atoms with Gasteiger partial charge in [0.1, 0.15) is 5.82 Å². The zero-order valence-electron chi connectivity index (χ0n) is 20.1. The third kappa shape index (κ3) is 4.46. The SMILES string of the molecule is Cc1c(N=c2scc(-c3ccccc3F)n2N=C2CCC(C)CC2)c(=O)n(-c2ccccc2)n1C.